The number of likely N-dealkylation sites (tertiary alicyclic amines) is 1. The van der Waals surface area contributed by atoms with Crippen molar-refractivity contribution in [3.8, 4) is 22.9 Å². The molecule has 0 aliphatic carbocycles. The monoisotopic (exact) mass is 646 g/mol. The number of hydrogen-bond donors (Lipinski definition) is 3. The lowest BCUT2D eigenvalue weighted by Crippen LogP contribution is -2.41. The maximum absolute atomic E-state index is 14.1. The van der Waals surface area contributed by atoms with Gasteiger partial charge in [-0.25, -0.2) is 17.5 Å². The highest BCUT2D eigenvalue weighted by atomic mass is 32.2. The summed E-state index contributed by atoms with van der Waals surface area (Å²) in [5, 5.41) is 5.45. The van der Waals surface area contributed by atoms with Gasteiger partial charge in [0.25, 0.3) is 0 Å². The minimum absolute atomic E-state index is 0.000185. The van der Waals surface area contributed by atoms with E-state index in [2.05, 4.69) is 33.6 Å². The molecule has 10 nitrogen and oxygen atoms in total. The smallest absolute Gasteiger partial charge is 0.229 e. The van der Waals surface area contributed by atoms with E-state index in [1.807, 2.05) is 31.2 Å². The van der Waals surface area contributed by atoms with E-state index in [9.17, 15) is 12.8 Å². The molecule has 1 fully saturated rings. The van der Waals surface area contributed by atoms with Crippen molar-refractivity contribution in [2.75, 3.05) is 29.8 Å². The van der Waals surface area contributed by atoms with Gasteiger partial charge >= 0.3 is 0 Å². The molecule has 0 spiro atoms. The second-order valence-electron chi connectivity index (χ2n) is 12.2. The Labute approximate surface area is 268 Å². The van der Waals surface area contributed by atoms with Crippen molar-refractivity contribution in [3.05, 3.63) is 89.5 Å². The van der Waals surface area contributed by atoms with Crippen LogP contribution in [0, 0.1) is 12.7 Å². The molecule has 2 aromatic heterocycles. The van der Waals surface area contributed by atoms with Crippen LogP contribution >= 0.6 is 0 Å². The number of halogens is 1. The minimum atomic E-state index is -3.53. The van der Waals surface area contributed by atoms with Gasteiger partial charge in [0, 0.05) is 47.7 Å². The number of fused-ring (bicyclic) bond motifs is 1. The highest BCUT2D eigenvalue weighted by Crippen LogP contribution is 2.35. The fraction of sp³-hybridized carbons (Fsp3) is 0.324. The lowest BCUT2D eigenvalue weighted by atomic mass is 10.1. The molecular formula is C34H39FN6O4S. The molecule has 1 aliphatic rings. The number of nitrogens with two attached hydrogens (primary N) is 1. The average molecular weight is 647 g/mol. The van der Waals surface area contributed by atoms with Gasteiger partial charge in [-0.15, -0.1) is 0 Å². The predicted octanol–water partition coefficient (Wildman–Crippen LogP) is 6.39. The fourth-order valence-electron chi connectivity index (χ4n) is 5.89. The number of H-pyrrole nitrogens is 1. The summed E-state index contributed by atoms with van der Waals surface area (Å²) in [6.07, 6.45) is 5.09. The second-order valence-corrected chi connectivity index (χ2v) is 13.9. The maximum Gasteiger partial charge on any atom is 0.229 e. The number of sulfonamides is 1. The number of hydrogen-bond acceptors (Lipinski definition) is 7. The van der Waals surface area contributed by atoms with Crippen LogP contribution in [0.15, 0.2) is 66.9 Å². The van der Waals surface area contributed by atoms with Gasteiger partial charge in [0.05, 0.1) is 23.8 Å². The Morgan fingerprint density at radius 2 is 1.85 bits per heavy atom. The van der Waals surface area contributed by atoms with Crippen LogP contribution in [0.1, 0.15) is 43.5 Å². The summed E-state index contributed by atoms with van der Waals surface area (Å²) in [5.41, 5.74) is 11.1. The molecule has 1 saturated heterocycles. The van der Waals surface area contributed by atoms with Crippen molar-refractivity contribution in [2.24, 2.45) is 0 Å². The normalized spacial score (nSPS) is 14.7. The molecule has 0 radical (unpaired) electrons. The molecule has 12 heteroatoms. The number of piperidine rings is 1. The van der Waals surface area contributed by atoms with E-state index in [4.69, 9.17) is 15.2 Å². The van der Waals surface area contributed by atoms with Crippen LogP contribution in [0.25, 0.3) is 16.6 Å². The molecule has 3 heterocycles. The van der Waals surface area contributed by atoms with Crippen molar-refractivity contribution in [1.29, 1.82) is 0 Å². The molecule has 5 aromatic rings. The first kappa shape index (κ1) is 31.4. The van der Waals surface area contributed by atoms with E-state index >= 15 is 0 Å². The molecule has 0 unspecified atom stereocenters. The molecule has 0 bridgehead atoms. The Bertz CT molecular complexity index is 1980. The van der Waals surface area contributed by atoms with Gasteiger partial charge in [-0.1, -0.05) is 12.1 Å². The number of aromatic nitrogens is 3. The number of benzene rings is 3. The third-order valence-electron chi connectivity index (χ3n) is 8.30. The van der Waals surface area contributed by atoms with E-state index in [-0.39, 0.29) is 11.9 Å². The van der Waals surface area contributed by atoms with Gasteiger partial charge in [-0.05, 0) is 87.7 Å². The fourth-order valence-corrected chi connectivity index (χ4v) is 6.45. The van der Waals surface area contributed by atoms with Crippen LogP contribution in [0.2, 0.25) is 0 Å². The van der Waals surface area contributed by atoms with Crippen molar-refractivity contribution in [3.63, 3.8) is 0 Å². The Morgan fingerprint density at radius 3 is 2.54 bits per heavy atom. The topological polar surface area (TPSA) is 127 Å². The van der Waals surface area contributed by atoms with Crippen molar-refractivity contribution < 1.29 is 22.3 Å². The number of nitrogens with zero attached hydrogens (tertiary/aromatic N) is 3. The highest BCUT2D eigenvalue weighted by Gasteiger charge is 2.24. The van der Waals surface area contributed by atoms with E-state index in [0.29, 0.717) is 35.5 Å². The van der Waals surface area contributed by atoms with Crippen molar-refractivity contribution in [1.82, 2.24) is 19.7 Å². The Kier molecular flexibility index (Phi) is 8.67. The molecule has 0 atom stereocenters. The standard InChI is InChI=1S/C34H39FN6O4S/c1-21(2)40-13-11-26(12-14-40)44-33-18-23-16-25(38-29(23)19-30(33)39-46(4,42)43)17-24-20-37-41(34(24)36)31-10-9-27(15-22(31)3)45-32-8-6-5-7-28(32)35/h5-10,15-16,18-21,26,38-39H,11-14,17,36H2,1-4H3. The molecule has 0 amide bonds. The van der Waals surface area contributed by atoms with Crippen LogP contribution in [0.5, 0.6) is 17.2 Å². The number of rotatable bonds is 10. The van der Waals surface area contributed by atoms with E-state index in [0.717, 1.165) is 65.6 Å². The Hall–Kier alpha value is -4.55. The van der Waals surface area contributed by atoms with Crippen molar-refractivity contribution in [2.45, 2.75) is 52.2 Å². The molecule has 242 valence electrons. The average Bonchev–Trinajstić information content (AvgIpc) is 3.56. The third kappa shape index (κ3) is 6.97. The molecule has 1 aliphatic heterocycles. The summed E-state index contributed by atoms with van der Waals surface area (Å²) < 4.78 is 54.9. The number of nitrogens with one attached hydrogen (secondary N) is 2. The maximum atomic E-state index is 14.1. The summed E-state index contributed by atoms with van der Waals surface area (Å²) in [7, 11) is -3.53. The number of aromatic amines is 1. The van der Waals surface area contributed by atoms with Gasteiger partial charge in [0.15, 0.2) is 11.6 Å². The number of anilines is 2. The third-order valence-corrected chi connectivity index (χ3v) is 8.89. The van der Waals surface area contributed by atoms with Crippen molar-refractivity contribution >= 4 is 32.4 Å². The zero-order chi connectivity index (χ0) is 32.6. The molecule has 4 N–H and O–H groups in total. The minimum Gasteiger partial charge on any atom is -0.488 e. The zero-order valence-electron chi connectivity index (χ0n) is 26.4. The first-order valence-corrected chi connectivity index (χ1v) is 17.2. The van der Waals surface area contributed by atoms with Gasteiger partial charge in [-0.2, -0.15) is 5.10 Å². The van der Waals surface area contributed by atoms with E-state index in [1.165, 1.54) is 6.07 Å². The van der Waals surface area contributed by atoms with Crippen LogP contribution < -0.4 is 19.9 Å². The SMILES string of the molecule is Cc1cc(Oc2ccccc2F)ccc1-n1ncc(Cc2cc3cc(OC4CCN(C(C)C)CC4)c(NS(C)(=O)=O)cc3[nH]2)c1N. The molecule has 46 heavy (non-hydrogen) atoms. The number of aryl methyl sites for hydroxylation is 1. The summed E-state index contributed by atoms with van der Waals surface area (Å²) in [4.78, 5) is 5.83. The summed E-state index contributed by atoms with van der Waals surface area (Å²) in [6, 6.07) is 17.8. The summed E-state index contributed by atoms with van der Waals surface area (Å²) in [5.74, 6) is 1.22. The van der Waals surface area contributed by atoms with Gasteiger partial charge in [-0.3, -0.25) is 4.72 Å². The number of nitrogen functional groups attached to an aromatic ring is 1. The summed E-state index contributed by atoms with van der Waals surface area (Å²) >= 11 is 0. The Morgan fingerprint density at radius 1 is 1.09 bits per heavy atom. The zero-order valence-corrected chi connectivity index (χ0v) is 27.2. The lowest BCUT2D eigenvalue weighted by Gasteiger charge is -2.34. The first-order chi connectivity index (χ1) is 21.9. The van der Waals surface area contributed by atoms with Crippen LogP contribution in [-0.4, -0.2) is 59.6 Å². The second kappa shape index (κ2) is 12.7. The highest BCUT2D eigenvalue weighted by molar-refractivity contribution is 7.92. The predicted molar refractivity (Wildman–Crippen MR) is 179 cm³/mol. The van der Waals surface area contributed by atoms with Crippen LogP contribution in [-0.2, 0) is 16.4 Å². The first-order valence-electron chi connectivity index (χ1n) is 15.3. The molecule has 0 saturated carbocycles. The quantitative estimate of drug-likeness (QED) is 0.161. The van der Waals surface area contributed by atoms with Gasteiger partial charge < -0.3 is 25.1 Å². The Balaban J connectivity index is 1.22. The van der Waals surface area contributed by atoms with Crippen LogP contribution in [0.3, 0.4) is 0 Å². The molecule has 3 aromatic carbocycles. The van der Waals surface area contributed by atoms with Gasteiger partial charge in [0.1, 0.15) is 23.4 Å². The molecular weight excluding hydrogens is 607 g/mol. The van der Waals surface area contributed by atoms with E-state index in [1.54, 1.807) is 41.2 Å². The van der Waals surface area contributed by atoms with E-state index < -0.39 is 15.8 Å². The number of ether oxygens (including phenoxy) is 2. The summed E-state index contributed by atoms with van der Waals surface area (Å²) in [6.45, 7) is 8.17. The number of para-hydroxylation sites is 1. The lowest BCUT2D eigenvalue weighted by molar-refractivity contribution is 0.0849. The van der Waals surface area contributed by atoms with Crippen LogP contribution in [0.4, 0.5) is 15.9 Å². The molecule has 6 rings (SSSR count). The van der Waals surface area contributed by atoms with Gasteiger partial charge in [0.2, 0.25) is 10.0 Å². The largest absolute Gasteiger partial charge is 0.488 e.